The fourth-order valence-electron chi connectivity index (χ4n) is 1.91. The molecule has 21 heavy (non-hydrogen) atoms. The summed E-state index contributed by atoms with van der Waals surface area (Å²) < 4.78 is 1.33. The van der Waals surface area contributed by atoms with Crippen molar-refractivity contribution in [2.24, 2.45) is 5.73 Å². The molecule has 2 aromatic rings. The van der Waals surface area contributed by atoms with Gasteiger partial charge < -0.3 is 10.6 Å². The third kappa shape index (κ3) is 3.75. The van der Waals surface area contributed by atoms with E-state index in [2.05, 4.69) is 5.10 Å². The van der Waals surface area contributed by atoms with E-state index in [1.165, 1.54) is 10.7 Å². The Kier molecular flexibility index (Phi) is 5.22. The maximum absolute atomic E-state index is 12.1. The van der Waals surface area contributed by atoms with Crippen LogP contribution in [0.25, 0.3) is 0 Å². The van der Waals surface area contributed by atoms with Gasteiger partial charge in [-0.05, 0) is 12.1 Å². The van der Waals surface area contributed by atoms with E-state index in [0.717, 1.165) is 5.69 Å². The fourth-order valence-corrected chi connectivity index (χ4v) is 2.42. The summed E-state index contributed by atoms with van der Waals surface area (Å²) in [5.41, 5.74) is 6.69. The molecule has 0 aliphatic heterocycles. The molecular weight excluding hydrogens is 311 g/mol. The van der Waals surface area contributed by atoms with Crippen molar-refractivity contribution in [2.75, 3.05) is 25.0 Å². The molecule has 0 saturated carbocycles. The molecule has 0 amide bonds. The zero-order valence-electron chi connectivity index (χ0n) is 11.6. The van der Waals surface area contributed by atoms with Crippen molar-refractivity contribution in [2.45, 2.75) is 6.54 Å². The van der Waals surface area contributed by atoms with E-state index < -0.39 is 0 Å². The highest BCUT2D eigenvalue weighted by atomic mass is 35.5. The van der Waals surface area contributed by atoms with Crippen molar-refractivity contribution in [3.05, 3.63) is 56.4 Å². The monoisotopic (exact) mass is 326 g/mol. The summed E-state index contributed by atoms with van der Waals surface area (Å²) >= 11 is 12.2. The van der Waals surface area contributed by atoms with Crippen molar-refractivity contribution in [3.63, 3.8) is 0 Å². The molecule has 0 radical (unpaired) electrons. The lowest BCUT2D eigenvalue weighted by molar-refractivity contribution is 0.637. The fraction of sp³-hybridized carbons (Fsp3) is 0.286. The lowest BCUT2D eigenvalue weighted by Gasteiger charge is -2.18. The van der Waals surface area contributed by atoms with Crippen molar-refractivity contribution in [1.82, 2.24) is 9.78 Å². The average molecular weight is 327 g/mol. The Bertz CT molecular complexity index is 667. The van der Waals surface area contributed by atoms with Crippen molar-refractivity contribution in [3.8, 4) is 0 Å². The molecular formula is C14H16Cl2N4O. The Hall–Kier alpha value is -1.56. The predicted octanol–water partition coefficient (Wildman–Crippen LogP) is 1.99. The highest BCUT2D eigenvalue weighted by molar-refractivity contribution is 6.35. The largest absolute Gasteiger partial charge is 0.372 e. The number of nitrogens with zero attached hydrogens (tertiary/aromatic N) is 3. The van der Waals surface area contributed by atoms with Crippen LogP contribution in [0.3, 0.4) is 0 Å². The summed E-state index contributed by atoms with van der Waals surface area (Å²) in [6, 6.07) is 6.75. The van der Waals surface area contributed by atoms with E-state index in [9.17, 15) is 4.79 Å². The number of nitrogens with two attached hydrogens (primary N) is 1. The second-order valence-corrected chi connectivity index (χ2v) is 5.43. The van der Waals surface area contributed by atoms with Crippen molar-refractivity contribution < 1.29 is 0 Å². The Morgan fingerprint density at radius 3 is 2.57 bits per heavy atom. The standard InChI is InChI=1S/C14H16Cl2N4O/c1-19(6-5-17)10-7-14(21)20(18-8-10)9-11-12(15)3-2-4-13(11)16/h2-4,7-8H,5-6,9,17H2,1H3. The maximum Gasteiger partial charge on any atom is 0.269 e. The van der Waals surface area contributed by atoms with Gasteiger partial charge in [0.05, 0.1) is 18.4 Å². The van der Waals surface area contributed by atoms with Crippen LogP contribution < -0.4 is 16.2 Å². The molecule has 1 aromatic carbocycles. The van der Waals surface area contributed by atoms with Crippen LogP contribution in [0.2, 0.25) is 10.0 Å². The topological polar surface area (TPSA) is 64.2 Å². The van der Waals surface area contributed by atoms with Gasteiger partial charge in [0.1, 0.15) is 0 Å². The van der Waals surface area contributed by atoms with Crippen LogP contribution in [-0.4, -0.2) is 29.9 Å². The number of anilines is 1. The van der Waals surface area contributed by atoms with Gasteiger partial charge in [0, 0.05) is 41.8 Å². The summed E-state index contributed by atoms with van der Waals surface area (Å²) in [7, 11) is 1.86. The summed E-state index contributed by atoms with van der Waals surface area (Å²) in [5, 5.41) is 5.19. The van der Waals surface area contributed by atoms with Gasteiger partial charge in [-0.2, -0.15) is 5.10 Å². The lowest BCUT2D eigenvalue weighted by atomic mass is 10.2. The third-order valence-electron chi connectivity index (χ3n) is 3.13. The lowest BCUT2D eigenvalue weighted by Crippen LogP contribution is -2.29. The Labute approximate surface area is 132 Å². The number of halogens is 2. The molecule has 0 aliphatic rings. The molecule has 0 saturated heterocycles. The van der Waals surface area contributed by atoms with E-state index >= 15 is 0 Å². The summed E-state index contributed by atoms with van der Waals surface area (Å²) in [4.78, 5) is 14.0. The molecule has 0 bridgehead atoms. The number of aromatic nitrogens is 2. The normalized spacial score (nSPS) is 10.7. The number of benzene rings is 1. The van der Waals surface area contributed by atoms with E-state index in [-0.39, 0.29) is 12.1 Å². The highest BCUT2D eigenvalue weighted by Gasteiger charge is 2.09. The van der Waals surface area contributed by atoms with Crippen LogP contribution >= 0.6 is 23.2 Å². The van der Waals surface area contributed by atoms with Gasteiger partial charge in [0.2, 0.25) is 0 Å². The molecule has 0 aliphatic carbocycles. The molecule has 112 valence electrons. The van der Waals surface area contributed by atoms with Crippen LogP contribution in [0.15, 0.2) is 35.3 Å². The molecule has 2 rings (SSSR count). The Balaban J connectivity index is 2.28. The molecule has 0 fully saturated rings. The number of hydrogen-bond acceptors (Lipinski definition) is 4. The Morgan fingerprint density at radius 2 is 2.00 bits per heavy atom. The first-order chi connectivity index (χ1) is 10.0. The smallest absolute Gasteiger partial charge is 0.269 e. The SMILES string of the molecule is CN(CCN)c1cnn(Cc2c(Cl)cccc2Cl)c(=O)c1. The number of rotatable bonds is 5. The molecule has 1 aromatic heterocycles. The minimum atomic E-state index is -0.215. The molecule has 0 unspecified atom stereocenters. The van der Waals surface area contributed by atoms with Crippen LogP contribution in [0, 0.1) is 0 Å². The minimum absolute atomic E-state index is 0.215. The number of likely N-dealkylation sites (N-methyl/N-ethyl adjacent to an activating group) is 1. The van der Waals surface area contributed by atoms with Crippen LogP contribution in [0.5, 0.6) is 0 Å². The van der Waals surface area contributed by atoms with Crippen LogP contribution in [0.4, 0.5) is 5.69 Å². The summed E-state index contributed by atoms with van der Waals surface area (Å²) in [6.07, 6.45) is 1.63. The van der Waals surface area contributed by atoms with E-state index in [4.69, 9.17) is 28.9 Å². The zero-order valence-corrected chi connectivity index (χ0v) is 13.1. The first-order valence-electron chi connectivity index (χ1n) is 6.44. The maximum atomic E-state index is 12.1. The minimum Gasteiger partial charge on any atom is -0.372 e. The quantitative estimate of drug-likeness (QED) is 0.912. The molecule has 1 heterocycles. The first kappa shape index (κ1) is 15.8. The predicted molar refractivity (Wildman–Crippen MR) is 86.4 cm³/mol. The van der Waals surface area contributed by atoms with Gasteiger partial charge in [0.15, 0.2) is 0 Å². The third-order valence-corrected chi connectivity index (χ3v) is 3.84. The van der Waals surface area contributed by atoms with E-state index in [1.807, 2.05) is 11.9 Å². The van der Waals surface area contributed by atoms with Gasteiger partial charge in [-0.15, -0.1) is 0 Å². The van der Waals surface area contributed by atoms with Crippen LogP contribution in [-0.2, 0) is 6.54 Å². The molecule has 0 atom stereocenters. The summed E-state index contributed by atoms with van der Waals surface area (Å²) in [6.45, 7) is 1.40. The second-order valence-electron chi connectivity index (χ2n) is 4.62. The molecule has 0 spiro atoms. The van der Waals surface area contributed by atoms with Crippen molar-refractivity contribution in [1.29, 1.82) is 0 Å². The van der Waals surface area contributed by atoms with Gasteiger partial charge in [-0.25, -0.2) is 4.68 Å². The first-order valence-corrected chi connectivity index (χ1v) is 7.19. The van der Waals surface area contributed by atoms with Crippen molar-refractivity contribution >= 4 is 28.9 Å². The van der Waals surface area contributed by atoms with Gasteiger partial charge in [-0.3, -0.25) is 4.79 Å². The molecule has 5 nitrogen and oxygen atoms in total. The average Bonchev–Trinajstić information content (AvgIpc) is 2.44. The van der Waals surface area contributed by atoms with Gasteiger partial charge >= 0.3 is 0 Å². The molecule has 2 N–H and O–H groups in total. The number of hydrogen-bond donors (Lipinski definition) is 1. The van der Waals surface area contributed by atoms with Crippen LogP contribution in [0.1, 0.15) is 5.56 Å². The van der Waals surface area contributed by atoms with E-state index in [0.29, 0.717) is 28.7 Å². The second kappa shape index (κ2) is 6.93. The van der Waals surface area contributed by atoms with Gasteiger partial charge in [-0.1, -0.05) is 29.3 Å². The van der Waals surface area contributed by atoms with Gasteiger partial charge in [0.25, 0.3) is 5.56 Å². The zero-order chi connectivity index (χ0) is 15.4. The molecule has 7 heteroatoms. The van der Waals surface area contributed by atoms with E-state index in [1.54, 1.807) is 24.4 Å². The Morgan fingerprint density at radius 1 is 1.33 bits per heavy atom. The highest BCUT2D eigenvalue weighted by Crippen LogP contribution is 2.24. The summed E-state index contributed by atoms with van der Waals surface area (Å²) in [5.74, 6) is 0.